The van der Waals surface area contributed by atoms with Crippen LogP contribution in [0.25, 0.3) is 22.5 Å². The van der Waals surface area contributed by atoms with Crippen molar-refractivity contribution < 1.29 is 0 Å². The lowest BCUT2D eigenvalue weighted by atomic mass is 10.0. The van der Waals surface area contributed by atoms with Crippen molar-refractivity contribution in [3.05, 3.63) is 59.2 Å². The first kappa shape index (κ1) is 14.5. The number of nitriles is 1. The Kier molecular flexibility index (Phi) is 3.14. The van der Waals surface area contributed by atoms with Crippen LogP contribution < -0.4 is 0 Å². The van der Waals surface area contributed by atoms with E-state index in [-0.39, 0.29) is 0 Å². The Balaban J connectivity index is 2.33. The number of fused-ring (bicyclic) bond motifs is 3. The zero-order valence-electron chi connectivity index (χ0n) is 13.9. The number of imidazole rings is 2. The number of para-hydroxylation sites is 2. The van der Waals surface area contributed by atoms with Gasteiger partial charge >= 0.3 is 0 Å². The summed E-state index contributed by atoms with van der Waals surface area (Å²) in [6.07, 6.45) is 4.59. The van der Waals surface area contributed by atoms with E-state index in [9.17, 15) is 5.26 Å². The minimum absolute atomic E-state index is 0.643. The zero-order valence-corrected chi connectivity index (χ0v) is 13.9. The van der Waals surface area contributed by atoms with Crippen molar-refractivity contribution in [2.45, 2.75) is 27.2 Å². The predicted octanol–water partition coefficient (Wildman–Crippen LogP) is 3.72. The van der Waals surface area contributed by atoms with E-state index in [1.165, 1.54) is 0 Å². The Hall–Kier alpha value is -3.13. The molecule has 0 saturated carbocycles. The third kappa shape index (κ3) is 1.80. The summed E-state index contributed by atoms with van der Waals surface area (Å²) < 4.78 is 4.17. The molecular weight excluding hydrogens is 298 g/mol. The molecule has 0 spiro atoms. The van der Waals surface area contributed by atoms with Crippen LogP contribution in [0.1, 0.15) is 29.4 Å². The van der Waals surface area contributed by atoms with Gasteiger partial charge < -0.3 is 0 Å². The van der Waals surface area contributed by atoms with Crippen molar-refractivity contribution in [3.8, 4) is 11.9 Å². The number of nitrogens with zero attached hydrogens (tertiary/aromatic N) is 5. The zero-order chi connectivity index (χ0) is 16.8. The molecule has 0 aliphatic heterocycles. The Morgan fingerprint density at radius 1 is 1.21 bits per heavy atom. The monoisotopic (exact) mass is 315 g/mol. The van der Waals surface area contributed by atoms with E-state index in [4.69, 9.17) is 4.98 Å². The maximum atomic E-state index is 9.72. The maximum absolute atomic E-state index is 9.72. The van der Waals surface area contributed by atoms with Crippen LogP contribution in [0.3, 0.4) is 0 Å². The highest BCUT2D eigenvalue weighted by atomic mass is 15.2. The summed E-state index contributed by atoms with van der Waals surface area (Å²) in [5, 5.41) is 9.72. The van der Waals surface area contributed by atoms with Gasteiger partial charge in [0, 0.05) is 12.4 Å². The lowest BCUT2D eigenvalue weighted by Gasteiger charge is -2.18. The highest BCUT2D eigenvalue weighted by Gasteiger charge is 2.21. The molecule has 0 unspecified atom stereocenters. The molecule has 0 radical (unpaired) electrons. The molecule has 118 valence electrons. The molecule has 0 N–H and O–H groups in total. The molecule has 0 aliphatic carbocycles. The van der Waals surface area contributed by atoms with Gasteiger partial charge in [0.15, 0.2) is 5.65 Å². The normalized spacial score (nSPS) is 11.2. The molecule has 24 heavy (non-hydrogen) atoms. The van der Waals surface area contributed by atoms with Gasteiger partial charge in [0.05, 0.1) is 16.6 Å². The van der Waals surface area contributed by atoms with Crippen molar-refractivity contribution in [1.82, 2.24) is 18.9 Å². The summed E-state index contributed by atoms with van der Waals surface area (Å²) in [6, 6.07) is 10.3. The summed E-state index contributed by atoms with van der Waals surface area (Å²) in [6.45, 7) is 6.11. The van der Waals surface area contributed by atoms with E-state index in [0.717, 1.165) is 40.2 Å². The minimum atomic E-state index is 0.643. The number of hydrogen-bond donors (Lipinski definition) is 0. The van der Waals surface area contributed by atoms with Gasteiger partial charge in [-0.05, 0) is 43.5 Å². The van der Waals surface area contributed by atoms with Gasteiger partial charge in [-0.3, -0.25) is 8.97 Å². The van der Waals surface area contributed by atoms with E-state index in [0.29, 0.717) is 11.2 Å². The van der Waals surface area contributed by atoms with E-state index in [1.807, 2.05) is 44.3 Å². The van der Waals surface area contributed by atoms with Crippen LogP contribution in [-0.4, -0.2) is 18.9 Å². The number of aryl methyl sites for hydroxylation is 1. The summed E-state index contributed by atoms with van der Waals surface area (Å²) in [5.41, 5.74) is 5.37. The first-order valence-electron chi connectivity index (χ1n) is 8.00. The third-order valence-electron chi connectivity index (χ3n) is 4.61. The second-order valence-corrected chi connectivity index (χ2v) is 5.87. The van der Waals surface area contributed by atoms with Crippen molar-refractivity contribution >= 4 is 16.7 Å². The molecule has 3 aromatic heterocycles. The minimum Gasteiger partial charge on any atom is -0.289 e. The van der Waals surface area contributed by atoms with E-state index in [2.05, 4.69) is 26.9 Å². The standard InChI is InChI=1S/C19H17N5/c1-4-14-12(2)15(11-20)18-22-16-7-5-6-8-17(16)24(18)19(14)23-10-9-21-13(23)3/h5-10H,4H2,1-3H3. The van der Waals surface area contributed by atoms with Gasteiger partial charge in [-0.1, -0.05) is 19.1 Å². The first-order chi connectivity index (χ1) is 11.7. The molecule has 5 heteroatoms. The highest BCUT2D eigenvalue weighted by Crippen LogP contribution is 2.30. The van der Waals surface area contributed by atoms with Crippen LogP contribution in [0, 0.1) is 25.2 Å². The first-order valence-corrected chi connectivity index (χ1v) is 8.00. The van der Waals surface area contributed by atoms with Crippen molar-refractivity contribution in [2.24, 2.45) is 0 Å². The van der Waals surface area contributed by atoms with E-state index < -0.39 is 0 Å². The lowest BCUT2D eigenvalue weighted by Crippen LogP contribution is -2.11. The highest BCUT2D eigenvalue weighted by molar-refractivity contribution is 5.85. The van der Waals surface area contributed by atoms with Crippen LogP contribution in [0.2, 0.25) is 0 Å². The second-order valence-electron chi connectivity index (χ2n) is 5.87. The molecule has 0 bridgehead atoms. The maximum Gasteiger partial charge on any atom is 0.157 e. The Morgan fingerprint density at radius 3 is 2.67 bits per heavy atom. The van der Waals surface area contributed by atoms with Gasteiger partial charge in [0.2, 0.25) is 0 Å². The van der Waals surface area contributed by atoms with Gasteiger partial charge in [0.1, 0.15) is 17.7 Å². The molecule has 0 saturated heterocycles. The van der Waals surface area contributed by atoms with Crippen LogP contribution in [0.15, 0.2) is 36.7 Å². The van der Waals surface area contributed by atoms with Crippen LogP contribution in [-0.2, 0) is 6.42 Å². The number of rotatable bonds is 2. The topological polar surface area (TPSA) is 58.9 Å². The molecule has 4 aromatic rings. The molecule has 0 amide bonds. The molecule has 3 heterocycles. The molecule has 0 fully saturated rings. The Labute approximate surface area is 139 Å². The molecular formula is C19H17N5. The van der Waals surface area contributed by atoms with Gasteiger partial charge in [-0.2, -0.15) is 5.26 Å². The summed E-state index contributed by atoms with van der Waals surface area (Å²) in [4.78, 5) is 9.11. The van der Waals surface area contributed by atoms with E-state index >= 15 is 0 Å². The molecule has 1 aromatic carbocycles. The second kappa shape index (κ2) is 5.20. The Bertz CT molecular complexity index is 1120. The Morgan fingerprint density at radius 2 is 2.00 bits per heavy atom. The van der Waals surface area contributed by atoms with Crippen LogP contribution in [0.5, 0.6) is 0 Å². The number of aromatic nitrogens is 4. The molecule has 4 rings (SSSR count). The van der Waals surface area contributed by atoms with Crippen molar-refractivity contribution in [1.29, 1.82) is 5.26 Å². The van der Waals surface area contributed by atoms with Crippen molar-refractivity contribution in [2.75, 3.05) is 0 Å². The SMILES string of the molecule is CCc1c(C)c(C#N)c2nc3ccccc3n2c1-n1ccnc1C. The molecule has 0 atom stereocenters. The summed E-state index contributed by atoms with van der Waals surface area (Å²) in [7, 11) is 0. The van der Waals surface area contributed by atoms with E-state index in [1.54, 1.807) is 6.20 Å². The van der Waals surface area contributed by atoms with Gasteiger partial charge in [-0.15, -0.1) is 0 Å². The van der Waals surface area contributed by atoms with Crippen LogP contribution >= 0.6 is 0 Å². The molecule has 0 aliphatic rings. The lowest BCUT2D eigenvalue weighted by molar-refractivity contribution is 0.880. The third-order valence-corrected chi connectivity index (χ3v) is 4.61. The predicted molar refractivity (Wildman–Crippen MR) is 93.4 cm³/mol. The van der Waals surface area contributed by atoms with Crippen molar-refractivity contribution in [3.63, 3.8) is 0 Å². The average molecular weight is 315 g/mol. The van der Waals surface area contributed by atoms with Gasteiger partial charge in [0.25, 0.3) is 0 Å². The quantitative estimate of drug-likeness (QED) is 0.566. The molecule has 5 nitrogen and oxygen atoms in total. The van der Waals surface area contributed by atoms with Crippen LogP contribution in [0.4, 0.5) is 0 Å². The van der Waals surface area contributed by atoms with Gasteiger partial charge in [-0.25, -0.2) is 9.97 Å². The fraction of sp³-hybridized carbons (Fsp3) is 0.211. The smallest absolute Gasteiger partial charge is 0.157 e. The number of pyridine rings is 1. The number of benzene rings is 1. The largest absolute Gasteiger partial charge is 0.289 e. The average Bonchev–Trinajstić information content (AvgIpc) is 3.17. The summed E-state index contributed by atoms with van der Waals surface area (Å²) in [5.74, 6) is 1.93. The summed E-state index contributed by atoms with van der Waals surface area (Å²) >= 11 is 0. The number of hydrogen-bond acceptors (Lipinski definition) is 3. The fourth-order valence-corrected chi connectivity index (χ4v) is 3.44. The fourth-order valence-electron chi connectivity index (χ4n) is 3.44.